The number of nitrogens with one attached hydrogen (secondary N) is 2. The molecule has 0 aromatic carbocycles. The van der Waals surface area contributed by atoms with Gasteiger partial charge in [0.25, 0.3) is 5.91 Å². The van der Waals surface area contributed by atoms with Gasteiger partial charge in [0, 0.05) is 17.8 Å². The van der Waals surface area contributed by atoms with Crippen LogP contribution in [0.15, 0.2) is 6.07 Å². The van der Waals surface area contributed by atoms with Crippen LogP contribution in [0, 0.1) is 0 Å². The summed E-state index contributed by atoms with van der Waals surface area (Å²) in [6, 6.07) is 1.75. The number of hydrogen-bond donors (Lipinski definition) is 3. The maximum absolute atomic E-state index is 11.7. The first-order valence-electron chi connectivity index (χ1n) is 5.05. The van der Waals surface area contributed by atoms with Crippen molar-refractivity contribution in [3.05, 3.63) is 17.5 Å². The Bertz CT molecular complexity index is 348. The lowest BCUT2D eigenvalue weighted by Gasteiger charge is -2.23. The van der Waals surface area contributed by atoms with Gasteiger partial charge in [-0.15, -0.1) is 12.4 Å². The topological polar surface area (TPSA) is 83.8 Å². The smallest absolute Gasteiger partial charge is 0.272 e. The number of H-pyrrole nitrogens is 1. The summed E-state index contributed by atoms with van der Waals surface area (Å²) in [5, 5.41) is 9.54. The SMILES string of the molecule is CCc1cc(C(=O)NC(C)(C)CN)n[nH]1.Cl. The Morgan fingerprint density at radius 2 is 2.25 bits per heavy atom. The highest BCUT2D eigenvalue weighted by molar-refractivity contribution is 5.92. The van der Waals surface area contributed by atoms with E-state index in [9.17, 15) is 4.79 Å². The molecule has 1 aromatic heterocycles. The largest absolute Gasteiger partial charge is 0.344 e. The summed E-state index contributed by atoms with van der Waals surface area (Å²) >= 11 is 0. The van der Waals surface area contributed by atoms with Crippen molar-refractivity contribution in [3.63, 3.8) is 0 Å². The Morgan fingerprint density at radius 1 is 1.62 bits per heavy atom. The molecule has 0 saturated carbocycles. The van der Waals surface area contributed by atoms with Crippen molar-refractivity contribution in [2.75, 3.05) is 6.54 Å². The molecule has 0 unspecified atom stereocenters. The van der Waals surface area contributed by atoms with E-state index in [0.717, 1.165) is 12.1 Å². The molecule has 0 saturated heterocycles. The molecule has 0 aliphatic rings. The lowest BCUT2D eigenvalue weighted by Crippen LogP contribution is -2.48. The molecule has 4 N–H and O–H groups in total. The number of aromatic amines is 1. The van der Waals surface area contributed by atoms with E-state index in [-0.39, 0.29) is 18.3 Å². The Hall–Kier alpha value is -1.07. The second-order valence-corrected chi connectivity index (χ2v) is 4.17. The summed E-state index contributed by atoms with van der Waals surface area (Å²) in [6.07, 6.45) is 0.834. The number of halogens is 1. The summed E-state index contributed by atoms with van der Waals surface area (Å²) in [5.41, 5.74) is 6.48. The lowest BCUT2D eigenvalue weighted by atomic mass is 10.1. The number of amides is 1. The third-order valence-electron chi connectivity index (χ3n) is 2.21. The molecule has 16 heavy (non-hydrogen) atoms. The minimum Gasteiger partial charge on any atom is -0.344 e. The van der Waals surface area contributed by atoms with Gasteiger partial charge in [0.05, 0.1) is 0 Å². The van der Waals surface area contributed by atoms with Gasteiger partial charge in [-0.25, -0.2) is 0 Å². The molecule has 0 radical (unpaired) electrons. The van der Waals surface area contributed by atoms with E-state index in [1.54, 1.807) is 6.07 Å². The first-order chi connectivity index (χ1) is 6.98. The molecular weight excluding hydrogens is 228 g/mol. The molecular formula is C10H19ClN4O. The van der Waals surface area contributed by atoms with Gasteiger partial charge in [-0.1, -0.05) is 6.92 Å². The maximum Gasteiger partial charge on any atom is 0.272 e. The number of hydrogen-bond acceptors (Lipinski definition) is 3. The monoisotopic (exact) mass is 246 g/mol. The van der Waals surface area contributed by atoms with Gasteiger partial charge in [-0.3, -0.25) is 9.89 Å². The van der Waals surface area contributed by atoms with Crippen LogP contribution < -0.4 is 11.1 Å². The Kier molecular flexibility index (Phi) is 5.47. The van der Waals surface area contributed by atoms with Gasteiger partial charge in [0.1, 0.15) is 5.69 Å². The summed E-state index contributed by atoms with van der Waals surface area (Å²) < 4.78 is 0. The van der Waals surface area contributed by atoms with Crippen LogP contribution in [0.2, 0.25) is 0 Å². The molecule has 1 rings (SSSR count). The molecule has 0 fully saturated rings. The van der Waals surface area contributed by atoms with E-state index in [2.05, 4.69) is 15.5 Å². The lowest BCUT2D eigenvalue weighted by molar-refractivity contribution is 0.0910. The number of aromatic nitrogens is 2. The fourth-order valence-corrected chi connectivity index (χ4v) is 1.08. The van der Waals surface area contributed by atoms with Crippen molar-refractivity contribution in [2.24, 2.45) is 5.73 Å². The highest BCUT2D eigenvalue weighted by Gasteiger charge is 2.20. The first-order valence-corrected chi connectivity index (χ1v) is 5.05. The Morgan fingerprint density at radius 3 is 2.69 bits per heavy atom. The molecule has 0 aliphatic heterocycles. The highest BCUT2D eigenvalue weighted by Crippen LogP contribution is 2.04. The second-order valence-electron chi connectivity index (χ2n) is 4.17. The second kappa shape index (κ2) is 5.86. The molecule has 1 aromatic rings. The van der Waals surface area contributed by atoms with Gasteiger partial charge in [-0.2, -0.15) is 5.10 Å². The molecule has 1 amide bonds. The Labute approximate surface area is 102 Å². The van der Waals surface area contributed by atoms with E-state index < -0.39 is 5.54 Å². The predicted molar refractivity (Wildman–Crippen MR) is 65.8 cm³/mol. The first kappa shape index (κ1) is 14.9. The molecule has 0 atom stereocenters. The summed E-state index contributed by atoms with van der Waals surface area (Å²) in [4.78, 5) is 11.7. The summed E-state index contributed by atoms with van der Waals surface area (Å²) in [6.45, 7) is 6.14. The van der Waals surface area contributed by atoms with Crippen molar-refractivity contribution >= 4 is 18.3 Å². The Balaban J connectivity index is 0.00000225. The van der Waals surface area contributed by atoms with E-state index in [4.69, 9.17) is 5.73 Å². The average molecular weight is 247 g/mol. The fourth-order valence-electron chi connectivity index (χ4n) is 1.08. The van der Waals surface area contributed by atoms with E-state index in [1.165, 1.54) is 0 Å². The molecule has 0 bridgehead atoms. The van der Waals surface area contributed by atoms with Crippen molar-refractivity contribution < 1.29 is 4.79 Å². The van der Waals surface area contributed by atoms with Crippen molar-refractivity contribution in [1.29, 1.82) is 0 Å². The normalized spacial score (nSPS) is 10.8. The molecule has 5 nitrogen and oxygen atoms in total. The van der Waals surface area contributed by atoms with Gasteiger partial charge in [0.2, 0.25) is 0 Å². The molecule has 0 spiro atoms. The number of carbonyl (C=O) groups excluding carboxylic acids is 1. The van der Waals surface area contributed by atoms with Crippen LogP contribution in [0.5, 0.6) is 0 Å². The minimum absolute atomic E-state index is 0. The standard InChI is InChI=1S/C10H18N4O.ClH/c1-4-7-5-8(14-13-7)9(15)12-10(2,3)6-11;/h5H,4,6,11H2,1-3H3,(H,12,15)(H,13,14);1H. The zero-order valence-corrected chi connectivity index (χ0v) is 10.6. The van der Waals surface area contributed by atoms with E-state index >= 15 is 0 Å². The van der Waals surface area contributed by atoms with Gasteiger partial charge in [0.15, 0.2) is 0 Å². The number of rotatable bonds is 4. The summed E-state index contributed by atoms with van der Waals surface area (Å²) in [5.74, 6) is -0.193. The van der Waals surface area contributed by atoms with Gasteiger partial charge in [-0.05, 0) is 26.3 Å². The third-order valence-corrected chi connectivity index (χ3v) is 2.21. The zero-order valence-electron chi connectivity index (χ0n) is 9.83. The molecule has 92 valence electrons. The fraction of sp³-hybridized carbons (Fsp3) is 0.600. The van der Waals surface area contributed by atoms with Crippen LogP contribution in [0.1, 0.15) is 37.0 Å². The van der Waals surface area contributed by atoms with Crippen LogP contribution in [-0.2, 0) is 6.42 Å². The van der Waals surface area contributed by atoms with E-state index in [1.807, 2.05) is 20.8 Å². The predicted octanol–water partition coefficient (Wildman–Crippen LogP) is 0.861. The number of nitrogens with two attached hydrogens (primary N) is 1. The average Bonchev–Trinajstić information content (AvgIpc) is 2.65. The van der Waals surface area contributed by atoms with Crippen molar-refractivity contribution in [1.82, 2.24) is 15.5 Å². The maximum atomic E-state index is 11.7. The van der Waals surface area contributed by atoms with Crippen LogP contribution in [0.25, 0.3) is 0 Å². The van der Waals surface area contributed by atoms with Gasteiger partial charge >= 0.3 is 0 Å². The number of aryl methyl sites for hydroxylation is 1. The number of carbonyl (C=O) groups is 1. The highest BCUT2D eigenvalue weighted by atomic mass is 35.5. The summed E-state index contributed by atoms with van der Waals surface area (Å²) in [7, 11) is 0. The molecule has 1 heterocycles. The van der Waals surface area contributed by atoms with Crippen LogP contribution in [0.4, 0.5) is 0 Å². The third kappa shape index (κ3) is 3.83. The van der Waals surface area contributed by atoms with Gasteiger partial charge < -0.3 is 11.1 Å². The molecule has 0 aliphatic carbocycles. The van der Waals surface area contributed by atoms with Crippen molar-refractivity contribution in [2.45, 2.75) is 32.7 Å². The molecule has 6 heteroatoms. The van der Waals surface area contributed by atoms with Crippen LogP contribution in [0.3, 0.4) is 0 Å². The minimum atomic E-state index is -0.400. The zero-order chi connectivity index (χ0) is 11.5. The van der Waals surface area contributed by atoms with E-state index in [0.29, 0.717) is 12.2 Å². The quantitative estimate of drug-likeness (QED) is 0.737. The van der Waals surface area contributed by atoms with Crippen LogP contribution in [-0.4, -0.2) is 28.2 Å². The number of nitrogens with zero attached hydrogens (tertiary/aromatic N) is 1. The van der Waals surface area contributed by atoms with Crippen LogP contribution >= 0.6 is 12.4 Å². The van der Waals surface area contributed by atoms with Crippen molar-refractivity contribution in [3.8, 4) is 0 Å².